The summed E-state index contributed by atoms with van der Waals surface area (Å²) < 4.78 is 2.90. The molecule has 92 valence electrons. The number of aryl methyl sites for hydroxylation is 2. The molecule has 6 heteroatoms. The fourth-order valence-electron chi connectivity index (χ4n) is 1.77. The number of halogens is 1. The second-order valence-corrected chi connectivity index (χ2v) is 5.68. The van der Waals surface area contributed by atoms with E-state index in [-0.39, 0.29) is 6.04 Å². The molecule has 1 atom stereocenters. The van der Waals surface area contributed by atoms with Crippen molar-refractivity contribution in [1.82, 2.24) is 14.8 Å². The molecule has 0 amide bonds. The summed E-state index contributed by atoms with van der Waals surface area (Å²) in [5, 5.41) is 7.40. The number of thiazole rings is 1. The van der Waals surface area contributed by atoms with E-state index in [1.54, 1.807) is 17.5 Å². The number of hydrogen-bond donors (Lipinski definition) is 1. The van der Waals surface area contributed by atoms with Crippen LogP contribution in [0, 0.1) is 6.92 Å². The smallest absolute Gasteiger partial charge is 0.0947 e. The molecular weight excluding hydrogens is 300 g/mol. The average molecular weight is 315 g/mol. The third-order valence-electron chi connectivity index (χ3n) is 2.55. The summed E-state index contributed by atoms with van der Waals surface area (Å²) in [6, 6.07) is -0.0719. The molecule has 2 N–H and O–H groups in total. The van der Waals surface area contributed by atoms with Crippen molar-refractivity contribution in [2.45, 2.75) is 32.9 Å². The number of aromatic nitrogens is 3. The first-order valence-corrected chi connectivity index (χ1v) is 7.16. The van der Waals surface area contributed by atoms with Crippen molar-refractivity contribution < 1.29 is 0 Å². The topological polar surface area (TPSA) is 56.7 Å². The van der Waals surface area contributed by atoms with Crippen molar-refractivity contribution in [1.29, 1.82) is 0 Å². The van der Waals surface area contributed by atoms with Gasteiger partial charge >= 0.3 is 0 Å². The van der Waals surface area contributed by atoms with Crippen LogP contribution in [-0.4, -0.2) is 14.8 Å². The molecule has 2 heterocycles. The van der Waals surface area contributed by atoms with Gasteiger partial charge in [-0.2, -0.15) is 5.10 Å². The van der Waals surface area contributed by atoms with Crippen LogP contribution in [0.3, 0.4) is 0 Å². The summed E-state index contributed by atoms with van der Waals surface area (Å²) >= 11 is 5.16. The molecule has 0 spiro atoms. The molecule has 0 aromatic carbocycles. The van der Waals surface area contributed by atoms with E-state index in [9.17, 15) is 0 Å². The Balaban J connectivity index is 2.19. The van der Waals surface area contributed by atoms with Gasteiger partial charge in [0.05, 0.1) is 27.4 Å². The van der Waals surface area contributed by atoms with Gasteiger partial charge in [-0.3, -0.25) is 4.68 Å². The minimum atomic E-state index is -0.0719. The Morgan fingerprint density at radius 1 is 1.59 bits per heavy atom. The lowest BCUT2D eigenvalue weighted by molar-refractivity contribution is 0.566. The van der Waals surface area contributed by atoms with E-state index in [2.05, 4.69) is 32.9 Å². The van der Waals surface area contributed by atoms with E-state index in [0.717, 1.165) is 33.8 Å². The highest BCUT2D eigenvalue weighted by Gasteiger charge is 2.17. The fraction of sp³-hybridized carbons (Fsp3) is 0.455. The van der Waals surface area contributed by atoms with Crippen LogP contribution in [0.5, 0.6) is 0 Å². The van der Waals surface area contributed by atoms with Crippen LogP contribution < -0.4 is 5.73 Å². The zero-order valence-electron chi connectivity index (χ0n) is 9.85. The first-order chi connectivity index (χ1) is 8.11. The SMILES string of the molecule is CCn1ncc(Br)c1C(N)Cc1nc(C)cs1. The lowest BCUT2D eigenvalue weighted by Crippen LogP contribution is -2.18. The monoisotopic (exact) mass is 314 g/mol. The largest absolute Gasteiger partial charge is 0.322 e. The highest BCUT2D eigenvalue weighted by molar-refractivity contribution is 9.10. The average Bonchev–Trinajstić information content (AvgIpc) is 2.84. The molecular formula is C11H15BrN4S. The Labute approximate surface area is 113 Å². The van der Waals surface area contributed by atoms with E-state index in [4.69, 9.17) is 5.73 Å². The van der Waals surface area contributed by atoms with Crippen LogP contribution in [0.25, 0.3) is 0 Å². The molecule has 0 saturated heterocycles. The predicted molar refractivity (Wildman–Crippen MR) is 73.1 cm³/mol. The van der Waals surface area contributed by atoms with Crippen LogP contribution in [0.15, 0.2) is 16.0 Å². The minimum absolute atomic E-state index is 0.0719. The van der Waals surface area contributed by atoms with Crippen molar-refractivity contribution in [3.63, 3.8) is 0 Å². The zero-order chi connectivity index (χ0) is 12.4. The molecule has 0 aliphatic rings. The van der Waals surface area contributed by atoms with Gasteiger partial charge < -0.3 is 5.73 Å². The van der Waals surface area contributed by atoms with Crippen LogP contribution >= 0.6 is 27.3 Å². The molecule has 4 nitrogen and oxygen atoms in total. The molecule has 17 heavy (non-hydrogen) atoms. The van der Waals surface area contributed by atoms with E-state index >= 15 is 0 Å². The Morgan fingerprint density at radius 3 is 2.94 bits per heavy atom. The highest BCUT2D eigenvalue weighted by atomic mass is 79.9. The Hall–Kier alpha value is -0.720. The van der Waals surface area contributed by atoms with Crippen molar-refractivity contribution in [2.75, 3.05) is 0 Å². The quantitative estimate of drug-likeness (QED) is 0.944. The number of nitrogens with zero attached hydrogens (tertiary/aromatic N) is 3. The van der Waals surface area contributed by atoms with Crippen molar-refractivity contribution in [3.8, 4) is 0 Å². The lowest BCUT2D eigenvalue weighted by Gasteiger charge is -2.12. The van der Waals surface area contributed by atoms with Crippen molar-refractivity contribution in [3.05, 3.63) is 32.4 Å². The van der Waals surface area contributed by atoms with Crippen molar-refractivity contribution in [2.24, 2.45) is 5.73 Å². The summed E-state index contributed by atoms with van der Waals surface area (Å²) in [6.45, 7) is 4.88. The van der Waals surface area contributed by atoms with E-state index < -0.39 is 0 Å². The second kappa shape index (κ2) is 5.29. The maximum atomic E-state index is 6.23. The number of rotatable bonds is 4. The summed E-state index contributed by atoms with van der Waals surface area (Å²) in [5.74, 6) is 0. The van der Waals surface area contributed by atoms with Gasteiger partial charge in [-0.15, -0.1) is 11.3 Å². The molecule has 0 fully saturated rings. The lowest BCUT2D eigenvalue weighted by atomic mass is 10.1. The molecule has 0 radical (unpaired) electrons. The Morgan fingerprint density at radius 2 is 2.35 bits per heavy atom. The first kappa shape index (κ1) is 12.7. The maximum absolute atomic E-state index is 6.23. The molecule has 1 unspecified atom stereocenters. The first-order valence-electron chi connectivity index (χ1n) is 5.49. The van der Waals surface area contributed by atoms with Gasteiger partial charge in [-0.25, -0.2) is 4.98 Å². The van der Waals surface area contributed by atoms with Crippen molar-refractivity contribution >= 4 is 27.3 Å². The van der Waals surface area contributed by atoms with Crippen LogP contribution in [0.4, 0.5) is 0 Å². The van der Waals surface area contributed by atoms with Gasteiger partial charge in [0.25, 0.3) is 0 Å². The van der Waals surface area contributed by atoms with Gasteiger partial charge in [-0.05, 0) is 29.8 Å². The molecule has 0 saturated carbocycles. The van der Waals surface area contributed by atoms with Crippen LogP contribution in [-0.2, 0) is 13.0 Å². The molecule has 2 aromatic heterocycles. The number of nitrogens with two attached hydrogens (primary N) is 1. The summed E-state index contributed by atoms with van der Waals surface area (Å²) in [5.41, 5.74) is 8.33. The standard InChI is InChI=1S/C11H15BrN4S/c1-3-16-11(8(12)5-14-16)9(13)4-10-15-7(2)6-17-10/h5-6,9H,3-4,13H2,1-2H3. The van der Waals surface area contributed by atoms with Gasteiger partial charge in [0.15, 0.2) is 0 Å². The zero-order valence-corrected chi connectivity index (χ0v) is 12.3. The second-order valence-electron chi connectivity index (χ2n) is 3.89. The van der Waals surface area contributed by atoms with Gasteiger partial charge in [0.2, 0.25) is 0 Å². The molecule has 2 aromatic rings. The highest BCUT2D eigenvalue weighted by Crippen LogP contribution is 2.25. The summed E-state index contributed by atoms with van der Waals surface area (Å²) in [4.78, 5) is 4.44. The molecule has 2 rings (SSSR count). The molecule has 0 aliphatic heterocycles. The summed E-state index contributed by atoms with van der Waals surface area (Å²) in [6.07, 6.45) is 2.55. The van der Waals surface area contributed by atoms with Gasteiger partial charge in [0.1, 0.15) is 0 Å². The maximum Gasteiger partial charge on any atom is 0.0947 e. The van der Waals surface area contributed by atoms with Crippen LogP contribution in [0.1, 0.15) is 29.4 Å². The minimum Gasteiger partial charge on any atom is -0.322 e. The normalized spacial score (nSPS) is 12.9. The van der Waals surface area contributed by atoms with Crippen LogP contribution in [0.2, 0.25) is 0 Å². The third-order valence-corrected chi connectivity index (χ3v) is 4.15. The van der Waals surface area contributed by atoms with E-state index in [0.29, 0.717) is 0 Å². The number of hydrogen-bond acceptors (Lipinski definition) is 4. The fourth-order valence-corrected chi connectivity index (χ4v) is 3.20. The van der Waals surface area contributed by atoms with Gasteiger partial charge in [-0.1, -0.05) is 0 Å². The molecule has 0 bridgehead atoms. The van der Waals surface area contributed by atoms with Gasteiger partial charge in [0, 0.05) is 24.0 Å². The van der Waals surface area contributed by atoms with E-state index in [1.165, 1.54) is 0 Å². The predicted octanol–water partition coefficient (Wildman–Crippen LogP) is 2.67. The third kappa shape index (κ3) is 2.75. The van der Waals surface area contributed by atoms with E-state index in [1.807, 2.05) is 17.0 Å². The Kier molecular flexibility index (Phi) is 3.96. The summed E-state index contributed by atoms with van der Waals surface area (Å²) in [7, 11) is 0. The Bertz CT molecular complexity index is 505. The molecule has 0 aliphatic carbocycles.